The first-order chi connectivity index (χ1) is 9.55. The Morgan fingerprint density at radius 3 is 2.75 bits per heavy atom. The van der Waals surface area contributed by atoms with E-state index < -0.39 is 10.0 Å². The van der Waals surface area contributed by atoms with Crippen molar-refractivity contribution in [1.82, 2.24) is 4.72 Å². The SMILES string of the molecule is C[C@H](CCc1ccccc1)NS(=O)(=O)C[C@@H]1CCOC1. The van der Waals surface area contributed by atoms with Crippen molar-refractivity contribution in [3.05, 3.63) is 35.9 Å². The molecule has 0 bridgehead atoms. The minimum absolute atomic E-state index is 0.0393. The molecule has 0 amide bonds. The summed E-state index contributed by atoms with van der Waals surface area (Å²) in [5.41, 5.74) is 1.24. The summed E-state index contributed by atoms with van der Waals surface area (Å²) in [5, 5.41) is 0. The maximum Gasteiger partial charge on any atom is 0.212 e. The maximum atomic E-state index is 12.0. The van der Waals surface area contributed by atoms with Gasteiger partial charge in [-0.15, -0.1) is 0 Å². The summed E-state index contributed by atoms with van der Waals surface area (Å²) in [6, 6.07) is 10.1. The molecule has 1 aliphatic rings. The highest BCUT2D eigenvalue weighted by molar-refractivity contribution is 7.89. The van der Waals surface area contributed by atoms with Crippen LogP contribution in [-0.2, 0) is 21.2 Å². The fourth-order valence-corrected chi connectivity index (χ4v) is 4.18. The molecule has 0 aliphatic carbocycles. The number of nitrogens with one attached hydrogen (secondary N) is 1. The average molecular weight is 297 g/mol. The summed E-state index contributed by atoms with van der Waals surface area (Å²) in [7, 11) is -3.20. The second-order valence-corrected chi connectivity index (χ2v) is 7.35. The van der Waals surface area contributed by atoms with Crippen molar-refractivity contribution in [3.8, 4) is 0 Å². The molecule has 0 radical (unpaired) electrons. The van der Waals surface area contributed by atoms with Crippen molar-refractivity contribution < 1.29 is 13.2 Å². The Morgan fingerprint density at radius 2 is 2.10 bits per heavy atom. The molecule has 0 spiro atoms. The molecule has 5 heteroatoms. The van der Waals surface area contributed by atoms with Gasteiger partial charge in [-0.2, -0.15) is 0 Å². The quantitative estimate of drug-likeness (QED) is 0.837. The van der Waals surface area contributed by atoms with E-state index in [-0.39, 0.29) is 17.7 Å². The van der Waals surface area contributed by atoms with Crippen molar-refractivity contribution in [1.29, 1.82) is 0 Å². The Morgan fingerprint density at radius 1 is 1.35 bits per heavy atom. The van der Waals surface area contributed by atoms with Crippen LogP contribution in [0.15, 0.2) is 30.3 Å². The van der Waals surface area contributed by atoms with Crippen LogP contribution in [0.4, 0.5) is 0 Å². The molecule has 2 rings (SSSR count). The van der Waals surface area contributed by atoms with Gasteiger partial charge >= 0.3 is 0 Å². The summed E-state index contributed by atoms with van der Waals surface area (Å²) in [4.78, 5) is 0. The summed E-state index contributed by atoms with van der Waals surface area (Å²) < 4.78 is 32.1. The molecule has 2 atom stereocenters. The molecule has 112 valence electrons. The van der Waals surface area contributed by atoms with Crippen molar-refractivity contribution in [3.63, 3.8) is 0 Å². The van der Waals surface area contributed by atoms with Crippen LogP contribution in [0.2, 0.25) is 0 Å². The Bertz CT molecular complexity index is 495. The van der Waals surface area contributed by atoms with Gasteiger partial charge in [-0.25, -0.2) is 13.1 Å². The largest absolute Gasteiger partial charge is 0.381 e. The fraction of sp³-hybridized carbons (Fsp3) is 0.600. The molecule has 1 heterocycles. The minimum Gasteiger partial charge on any atom is -0.381 e. The molecule has 1 fully saturated rings. The van der Waals surface area contributed by atoms with Gasteiger partial charge in [0.2, 0.25) is 10.0 Å². The highest BCUT2D eigenvalue weighted by atomic mass is 32.2. The zero-order valence-electron chi connectivity index (χ0n) is 11.9. The van der Waals surface area contributed by atoms with Gasteiger partial charge in [-0.1, -0.05) is 30.3 Å². The van der Waals surface area contributed by atoms with Gasteiger partial charge in [0.1, 0.15) is 0 Å². The average Bonchev–Trinajstić information content (AvgIpc) is 2.89. The summed E-state index contributed by atoms with van der Waals surface area (Å²) in [6.07, 6.45) is 2.54. The van der Waals surface area contributed by atoms with Crippen molar-refractivity contribution >= 4 is 10.0 Å². The lowest BCUT2D eigenvalue weighted by atomic mass is 10.1. The normalized spacial score (nSPS) is 20.9. The lowest BCUT2D eigenvalue weighted by molar-refractivity contribution is 0.188. The van der Waals surface area contributed by atoms with E-state index in [9.17, 15) is 8.42 Å². The molecular formula is C15H23NO3S. The van der Waals surface area contributed by atoms with E-state index in [1.54, 1.807) is 0 Å². The number of benzene rings is 1. The molecule has 4 nitrogen and oxygen atoms in total. The summed E-state index contributed by atoms with van der Waals surface area (Å²) in [6.45, 7) is 3.18. The molecule has 1 N–H and O–H groups in total. The van der Waals surface area contributed by atoms with Gasteiger partial charge in [0.05, 0.1) is 12.4 Å². The van der Waals surface area contributed by atoms with Crippen LogP contribution in [0.5, 0.6) is 0 Å². The van der Waals surface area contributed by atoms with Crippen LogP contribution in [0.3, 0.4) is 0 Å². The smallest absolute Gasteiger partial charge is 0.212 e. The zero-order chi connectivity index (χ0) is 14.4. The highest BCUT2D eigenvalue weighted by Crippen LogP contribution is 2.14. The van der Waals surface area contributed by atoms with Crippen LogP contribution in [0.25, 0.3) is 0 Å². The Balaban J connectivity index is 1.76. The van der Waals surface area contributed by atoms with Gasteiger partial charge in [0.15, 0.2) is 0 Å². The van der Waals surface area contributed by atoms with Crippen LogP contribution in [-0.4, -0.2) is 33.4 Å². The van der Waals surface area contributed by atoms with Gasteiger partial charge in [0.25, 0.3) is 0 Å². The summed E-state index contributed by atoms with van der Waals surface area (Å²) in [5.74, 6) is 0.330. The topological polar surface area (TPSA) is 55.4 Å². The molecule has 20 heavy (non-hydrogen) atoms. The van der Waals surface area contributed by atoms with E-state index in [1.807, 2.05) is 25.1 Å². The highest BCUT2D eigenvalue weighted by Gasteiger charge is 2.24. The van der Waals surface area contributed by atoms with Gasteiger partial charge in [-0.3, -0.25) is 0 Å². The first-order valence-electron chi connectivity index (χ1n) is 7.17. The minimum atomic E-state index is -3.20. The predicted molar refractivity (Wildman–Crippen MR) is 80.1 cm³/mol. The molecule has 0 unspecified atom stereocenters. The third kappa shape index (κ3) is 5.23. The number of sulfonamides is 1. The van der Waals surface area contributed by atoms with Crippen molar-refractivity contribution in [2.45, 2.75) is 32.2 Å². The van der Waals surface area contributed by atoms with Gasteiger partial charge in [0, 0.05) is 12.6 Å². The number of aryl methyl sites for hydroxylation is 1. The predicted octanol–water partition coefficient (Wildman–Crippen LogP) is 1.96. The van der Waals surface area contributed by atoms with Crippen LogP contribution < -0.4 is 4.72 Å². The van der Waals surface area contributed by atoms with E-state index in [1.165, 1.54) is 5.56 Å². The lowest BCUT2D eigenvalue weighted by Crippen LogP contribution is -2.36. The second kappa shape index (κ2) is 7.20. The first-order valence-corrected chi connectivity index (χ1v) is 8.82. The van der Waals surface area contributed by atoms with Crippen molar-refractivity contribution in [2.75, 3.05) is 19.0 Å². The van der Waals surface area contributed by atoms with Gasteiger partial charge < -0.3 is 4.74 Å². The number of hydrogen-bond acceptors (Lipinski definition) is 3. The van der Waals surface area contributed by atoms with Crippen LogP contribution >= 0.6 is 0 Å². The van der Waals surface area contributed by atoms with Gasteiger partial charge in [-0.05, 0) is 37.7 Å². The van der Waals surface area contributed by atoms with E-state index in [0.717, 1.165) is 19.3 Å². The Labute approximate surface area is 121 Å². The molecule has 1 aliphatic heterocycles. The third-order valence-corrected chi connectivity index (χ3v) is 5.24. The summed E-state index contributed by atoms with van der Waals surface area (Å²) >= 11 is 0. The standard InChI is InChI=1S/C15H23NO3S/c1-13(7-8-14-5-3-2-4-6-14)16-20(17,18)12-15-9-10-19-11-15/h2-6,13,15-16H,7-12H2,1H3/t13-,15-/m1/s1. The maximum absolute atomic E-state index is 12.0. The van der Waals surface area contributed by atoms with Crippen LogP contribution in [0, 0.1) is 5.92 Å². The Hall–Kier alpha value is -0.910. The molecular weight excluding hydrogens is 274 g/mol. The number of rotatable bonds is 7. The third-order valence-electron chi connectivity index (χ3n) is 3.57. The molecule has 0 saturated carbocycles. The molecule has 1 aromatic rings. The monoisotopic (exact) mass is 297 g/mol. The fourth-order valence-electron chi connectivity index (χ4n) is 2.47. The van der Waals surface area contributed by atoms with Crippen molar-refractivity contribution in [2.24, 2.45) is 5.92 Å². The van der Waals surface area contributed by atoms with E-state index in [4.69, 9.17) is 4.74 Å². The van der Waals surface area contributed by atoms with E-state index >= 15 is 0 Å². The van der Waals surface area contributed by atoms with Crippen LogP contribution in [0.1, 0.15) is 25.3 Å². The van der Waals surface area contributed by atoms with E-state index in [2.05, 4.69) is 16.9 Å². The second-order valence-electron chi connectivity index (χ2n) is 5.55. The number of hydrogen-bond donors (Lipinski definition) is 1. The Kier molecular flexibility index (Phi) is 5.57. The molecule has 0 aromatic heterocycles. The van der Waals surface area contributed by atoms with E-state index in [0.29, 0.717) is 13.2 Å². The molecule has 1 aromatic carbocycles. The first kappa shape index (κ1) is 15.5. The lowest BCUT2D eigenvalue weighted by Gasteiger charge is -2.16. The number of ether oxygens (including phenoxy) is 1. The zero-order valence-corrected chi connectivity index (χ0v) is 12.7. The molecule has 1 saturated heterocycles.